The number of rotatable bonds is 2. The van der Waals surface area contributed by atoms with E-state index in [0.29, 0.717) is 12.1 Å². The van der Waals surface area contributed by atoms with Crippen LogP contribution in [0.25, 0.3) is 10.9 Å². The molecule has 0 atom stereocenters. The first-order chi connectivity index (χ1) is 7.93. The lowest BCUT2D eigenvalue weighted by atomic mass is 10.1. The number of pyridine rings is 1. The highest BCUT2D eigenvalue weighted by atomic mass is 32.2. The lowest BCUT2D eigenvalue weighted by Crippen LogP contribution is -2.02. The Kier molecular flexibility index (Phi) is 2.76. The van der Waals surface area contributed by atoms with Crippen LogP contribution in [0.1, 0.15) is 12.6 Å². The van der Waals surface area contributed by atoms with E-state index in [1.807, 2.05) is 6.92 Å². The molecule has 0 saturated carbocycles. The van der Waals surface area contributed by atoms with Crippen LogP contribution in [0.5, 0.6) is 5.75 Å². The summed E-state index contributed by atoms with van der Waals surface area (Å²) in [6.07, 6.45) is 0.507. The molecule has 0 saturated heterocycles. The molecule has 1 heterocycles. The maximum atomic E-state index is 11.3. The summed E-state index contributed by atoms with van der Waals surface area (Å²) in [7, 11) is -4.33. The summed E-state index contributed by atoms with van der Waals surface area (Å²) in [5.41, 5.74) is 0.672. The van der Waals surface area contributed by atoms with Gasteiger partial charge in [-0.3, -0.25) is 4.55 Å². The van der Waals surface area contributed by atoms with Gasteiger partial charge >= 0.3 is 0 Å². The number of fused-ring (bicyclic) bond motifs is 1. The number of para-hydroxylation sites is 1. The summed E-state index contributed by atoms with van der Waals surface area (Å²) in [4.78, 5) is 3.92. The van der Waals surface area contributed by atoms with Crippen molar-refractivity contribution < 1.29 is 18.1 Å². The van der Waals surface area contributed by atoms with Gasteiger partial charge in [0.1, 0.15) is 16.2 Å². The minimum atomic E-state index is -4.33. The minimum absolute atomic E-state index is 0.109. The predicted molar refractivity (Wildman–Crippen MR) is 62.6 cm³/mol. The maximum absolute atomic E-state index is 11.3. The third kappa shape index (κ3) is 2.09. The van der Waals surface area contributed by atoms with E-state index in [2.05, 4.69) is 4.98 Å². The van der Waals surface area contributed by atoms with Crippen LogP contribution in [-0.2, 0) is 16.5 Å². The Labute approximate surface area is 98.5 Å². The summed E-state index contributed by atoms with van der Waals surface area (Å²) in [5, 5.41) is 9.86. The molecule has 5 nitrogen and oxygen atoms in total. The molecule has 0 spiro atoms. The van der Waals surface area contributed by atoms with E-state index in [9.17, 15) is 13.5 Å². The molecule has 0 fully saturated rings. The highest BCUT2D eigenvalue weighted by Gasteiger charge is 2.17. The van der Waals surface area contributed by atoms with Crippen molar-refractivity contribution in [3.63, 3.8) is 0 Å². The molecule has 0 aliphatic heterocycles. The molecule has 0 aliphatic carbocycles. The maximum Gasteiger partial charge on any atom is 0.295 e. The van der Waals surface area contributed by atoms with Gasteiger partial charge in [0.25, 0.3) is 10.1 Å². The van der Waals surface area contributed by atoms with Gasteiger partial charge in [0.2, 0.25) is 0 Å². The zero-order valence-corrected chi connectivity index (χ0v) is 9.90. The van der Waals surface area contributed by atoms with Gasteiger partial charge in [0.05, 0.1) is 0 Å². The Morgan fingerprint density at radius 1 is 1.35 bits per heavy atom. The number of aryl methyl sites for hydroxylation is 1. The first kappa shape index (κ1) is 11.8. The smallest absolute Gasteiger partial charge is 0.295 e. The zero-order valence-electron chi connectivity index (χ0n) is 9.08. The molecule has 0 unspecified atom stereocenters. The average molecular weight is 253 g/mol. The van der Waals surface area contributed by atoms with E-state index < -0.39 is 10.1 Å². The fraction of sp³-hybridized carbons (Fsp3) is 0.182. The van der Waals surface area contributed by atoms with Crippen LogP contribution in [-0.4, -0.2) is 23.1 Å². The Morgan fingerprint density at radius 2 is 2.06 bits per heavy atom. The number of benzene rings is 1. The summed E-state index contributed by atoms with van der Waals surface area (Å²) in [6.45, 7) is 1.81. The molecule has 90 valence electrons. The van der Waals surface area contributed by atoms with Crippen molar-refractivity contribution in [1.82, 2.24) is 4.98 Å². The fourth-order valence-corrected chi connectivity index (χ4v) is 2.37. The average Bonchev–Trinajstić information content (AvgIpc) is 2.27. The van der Waals surface area contributed by atoms with E-state index >= 15 is 0 Å². The number of hydrogen-bond acceptors (Lipinski definition) is 4. The van der Waals surface area contributed by atoms with Gasteiger partial charge in [-0.2, -0.15) is 8.42 Å². The largest absolute Gasteiger partial charge is 0.506 e. The van der Waals surface area contributed by atoms with Crippen LogP contribution in [0.2, 0.25) is 0 Å². The highest BCUT2D eigenvalue weighted by Crippen LogP contribution is 2.28. The molecule has 0 bridgehead atoms. The van der Waals surface area contributed by atoms with Crippen LogP contribution in [0.15, 0.2) is 29.2 Å². The van der Waals surface area contributed by atoms with Gasteiger partial charge in [-0.05, 0) is 18.6 Å². The van der Waals surface area contributed by atoms with Crippen LogP contribution in [0.3, 0.4) is 0 Å². The summed E-state index contributed by atoms with van der Waals surface area (Å²) < 4.78 is 31.7. The van der Waals surface area contributed by atoms with Crippen molar-refractivity contribution in [3.8, 4) is 5.75 Å². The van der Waals surface area contributed by atoms with Crippen molar-refractivity contribution in [2.45, 2.75) is 18.2 Å². The van der Waals surface area contributed by atoms with Gasteiger partial charge in [-0.15, -0.1) is 0 Å². The summed E-state index contributed by atoms with van der Waals surface area (Å²) in [5.74, 6) is -0.109. The molecule has 2 rings (SSSR count). The van der Waals surface area contributed by atoms with Crippen molar-refractivity contribution in [2.24, 2.45) is 0 Å². The van der Waals surface area contributed by atoms with Gasteiger partial charge in [0.15, 0.2) is 0 Å². The zero-order chi connectivity index (χ0) is 12.6. The molecule has 2 N–H and O–H groups in total. The number of phenols is 1. The van der Waals surface area contributed by atoms with Gasteiger partial charge in [-0.1, -0.05) is 19.1 Å². The number of aromatic hydroxyl groups is 1. The Morgan fingerprint density at radius 3 is 2.65 bits per heavy atom. The third-order valence-corrected chi connectivity index (χ3v) is 3.37. The van der Waals surface area contributed by atoms with Crippen molar-refractivity contribution in [2.75, 3.05) is 0 Å². The summed E-state index contributed by atoms with van der Waals surface area (Å²) >= 11 is 0. The lowest BCUT2D eigenvalue weighted by molar-refractivity contribution is 0.479. The lowest BCUT2D eigenvalue weighted by Gasteiger charge is -2.07. The molecule has 0 amide bonds. The monoisotopic (exact) mass is 253 g/mol. The molecule has 1 aromatic carbocycles. The molecule has 17 heavy (non-hydrogen) atoms. The minimum Gasteiger partial charge on any atom is -0.506 e. The van der Waals surface area contributed by atoms with E-state index in [4.69, 9.17) is 4.55 Å². The van der Waals surface area contributed by atoms with Crippen LogP contribution >= 0.6 is 0 Å². The van der Waals surface area contributed by atoms with E-state index in [-0.39, 0.29) is 21.5 Å². The first-order valence-corrected chi connectivity index (χ1v) is 6.46. The Hall–Kier alpha value is -1.66. The second-order valence-corrected chi connectivity index (χ2v) is 5.00. The number of phenolic OH excluding ortho intramolecular Hbond substituents is 1. The highest BCUT2D eigenvalue weighted by molar-refractivity contribution is 7.86. The van der Waals surface area contributed by atoms with Gasteiger partial charge < -0.3 is 5.11 Å². The fourth-order valence-electron chi connectivity index (χ4n) is 1.65. The van der Waals surface area contributed by atoms with Crippen LogP contribution < -0.4 is 0 Å². The Balaban J connectivity index is 2.96. The normalized spacial score (nSPS) is 11.9. The standard InChI is InChI=1S/C11H11NO4S/c1-2-7-6-10(17(14,15)16)8-4-3-5-9(13)11(8)12-7/h3-6,13H,2H2,1H3,(H,14,15,16). The molecule has 2 aromatic rings. The predicted octanol–water partition coefficient (Wildman–Crippen LogP) is 1.75. The molecule has 0 radical (unpaired) electrons. The van der Waals surface area contributed by atoms with Crippen molar-refractivity contribution in [1.29, 1.82) is 0 Å². The van der Waals surface area contributed by atoms with E-state index in [0.717, 1.165) is 0 Å². The third-order valence-electron chi connectivity index (χ3n) is 2.47. The molecule has 6 heteroatoms. The molecular weight excluding hydrogens is 242 g/mol. The van der Waals surface area contributed by atoms with E-state index in [1.54, 1.807) is 0 Å². The first-order valence-electron chi connectivity index (χ1n) is 5.02. The van der Waals surface area contributed by atoms with Crippen molar-refractivity contribution in [3.05, 3.63) is 30.0 Å². The molecular formula is C11H11NO4S. The topological polar surface area (TPSA) is 87.5 Å². The number of nitrogens with zero attached hydrogens (tertiary/aromatic N) is 1. The SMILES string of the molecule is CCc1cc(S(=O)(=O)O)c2cccc(O)c2n1. The second kappa shape index (κ2) is 3.97. The van der Waals surface area contributed by atoms with Crippen molar-refractivity contribution >= 4 is 21.0 Å². The molecule has 1 aromatic heterocycles. The quantitative estimate of drug-likeness (QED) is 0.796. The Bertz CT molecular complexity index is 679. The number of hydrogen-bond donors (Lipinski definition) is 2. The van der Waals surface area contributed by atoms with Gasteiger partial charge in [0, 0.05) is 11.1 Å². The van der Waals surface area contributed by atoms with Gasteiger partial charge in [-0.25, -0.2) is 4.98 Å². The molecule has 0 aliphatic rings. The summed E-state index contributed by atoms with van der Waals surface area (Å²) in [6, 6.07) is 5.73. The van der Waals surface area contributed by atoms with Crippen LogP contribution in [0.4, 0.5) is 0 Å². The second-order valence-electron chi connectivity index (χ2n) is 3.61. The number of aromatic nitrogens is 1. The van der Waals surface area contributed by atoms with Crippen LogP contribution in [0, 0.1) is 0 Å². The van der Waals surface area contributed by atoms with E-state index in [1.165, 1.54) is 24.3 Å².